The zero-order chi connectivity index (χ0) is 46.5. The molecule has 336 valence electrons. The fourth-order valence-corrected chi connectivity index (χ4v) is 7.77. The summed E-state index contributed by atoms with van der Waals surface area (Å²) in [6.45, 7) is 9.62. The molecular weight excluding hydrogens is 839 g/mol. The van der Waals surface area contributed by atoms with Crippen LogP contribution >= 0.6 is 0 Å². The van der Waals surface area contributed by atoms with Gasteiger partial charge in [-0.05, 0) is 106 Å². The lowest BCUT2D eigenvalue weighted by Gasteiger charge is -2.10. The normalized spacial score (nSPS) is 11.5. The van der Waals surface area contributed by atoms with Gasteiger partial charge in [0.2, 0.25) is 17.8 Å². The third-order valence-corrected chi connectivity index (χ3v) is 11.0. The minimum atomic E-state index is -0.604. The molecule has 0 saturated heterocycles. The summed E-state index contributed by atoms with van der Waals surface area (Å²) in [6, 6.07) is 26.9. The number of amides is 5. The van der Waals surface area contributed by atoms with Gasteiger partial charge in [-0.2, -0.15) is 10.2 Å². The largest absolute Gasteiger partial charge is 0.366 e. The van der Waals surface area contributed by atoms with E-state index in [1.165, 1.54) is 0 Å². The van der Waals surface area contributed by atoms with Crippen molar-refractivity contribution in [2.24, 2.45) is 5.73 Å². The van der Waals surface area contributed by atoms with Crippen LogP contribution in [0.5, 0.6) is 0 Å². The molecular formula is C48H49N13O5. The third kappa shape index (κ3) is 9.42. The number of hydrogen-bond acceptors (Lipinski definition) is 9. The maximum atomic E-state index is 13.7. The van der Waals surface area contributed by atoms with Crippen LogP contribution in [-0.4, -0.2) is 81.3 Å². The second-order valence-corrected chi connectivity index (χ2v) is 15.6. The van der Waals surface area contributed by atoms with Crippen molar-refractivity contribution in [3.63, 3.8) is 0 Å². The van der Waals surface area contributed by atoms with Gasteiger partial charge >= 0.3 is 0 Å². The lowest BCUT2D eigenvalue weighted by atomic mass is 10.1. The highest BCUT2D eigenvalue weighted by atomic mass is 16.2. The number of benzene rings is 4. The van der Waals surface area contributed by atoms with Gasteiger partial charge in [0, 0.05) is 56.0 Å². The summed E-state index contributed by atoms with van der Waals surface area (Å²) < 4.78 is 6.86. The fraction of sp³-hybridized carbons (Fsp3) is 0.229. The van der Waals surface area contributed by atoms with Crippen LogP contribution < -0.4 is 27.0 Å². The zero-order valence-electron chi connectivity index (χ0n) is 37.0. The van der Waals surface area contributed by atoms with E-state index in [2.05, 4.69) is 36.4 Å². The Morgan fingerprint density at radius 1 is 0.576 bits per heavy atom. The Kier molecular flexibility index (Phi) is 12.8. The molecule has 0 atom stereocenters. The van der Waals surface area contributed by atoms with Crippen LogP contribution in [0.1, 0.15) is 83.7 Å². The Hall–Kier alpha value is -8.41. The number of primary amides is 1. The van der Waals surface area contributed by atoms with Crippen molar-refractivity contribution >= 4 is 74.3 Å². The number of carbonyl (C=O) groups excluding carboxylic acids is 5. The Morgan fingerprint density at radius 3 is 1.56 bits per heavy atom. The van der Waals surface area contributed by atoms with Gasteiger partial charge in [0.05, 0.1) is 33.5 Å². The van der Waals surface area contributed by atoms with Gasteiger partial charge in [-0.25, -0.2) is 9.97 Å². The van der Waals surface area contributed by atoms with Gasteiger partial charge in [0.25, 0.3) is 23.6 Å². The topological polar surface area (TPSA) is 231 Å². The number of anilines is 2. The maximum Gasteiger partial charge on any atom is 0.276 e. The molecule has 0 saturated carbocycles. The van der Waals surface area contributed by atoms with Crippen molar-refractivity contribution in [3.8, 4) is 0 Å². The minimum absolute atomic E-state index is 0.184. The van der Waals surface area contributed by atoms with Crippen LogP contribution in [0.4, 0.5) is 11.9 Å². The van der Waals surface area contributed by atoms with Gasteiger partial charge in [0.1, 0.15) is 11.4 Å². The van der Waals surface area contributed by atoms with E-state index in [0.29, 0.717) is 88.6 Å². The monoisotopic (exact) mass is 887 g/mol. The average molecular weight is 888 g/mol. The molecule has 0 radical (unpaired) electrons. The molecule has 0 fully saturated rings. The fourth-order valence-electron chi connectivity index (χ4n) is 7.77. The van der Waals surface area contributed by atoms with E-state index in [1.54, 1.807) is 68.5 Å². The van der Waals surface area contributed by atoms with Crippen molar-refractivity contribution < 1.29 is 24.0 Å². The first-order valence-corrected chi connectivity index (χ1v) is 21.6. The minimum Gasteiger partial charge on any atom is -0.366 e. The molecule has 5 amide bonds. The number of hydrogen-bond donors (Lipinski definition) is 5. The number of allylic oxidation sites excluding steroid dienone is 2. The SMILES string of the molecule is CCn1nc(C)cc1C(=O)Nc1nc2cc(C(N)=O)ccc2n1C/C=C/Cn1c(NC(=O)c2cc(C)nn2CC)nc2cc(C(=O)NCCCNC(=O)c3ccc4ccccc4c3)ccc21. The highest BCUT2D eigenvalue weighted by Gasteiger charge is 2.21. The molecule has 0 aliphatic heterocycles. The van der Waals surface area contributed by atoms with Crippen LogP contribution in [-0.2, 0) is 26.2 Å². The van der Waals surface area contributed by atoms with Gasteiger partial charge in [0.15, 0.2) is 0 Å². The van der Waals surface area contributed by atoms with E-state index < -0.39 is 17.7 Å². The Bertz CT molecular complexity index is 3210. The lowest BCUT2D eigenvalue weighted by Crippen LogP contribution is -2.29. The van der Waals surface area contributed by atoms with Gasteiger partial charge < -0.3 is 25.5 Å². The van der Waals surface area contributed by atoms with Crippen LogP contribution in [0.15, 0.2) is 103 Å². The molecule has 18 nitrogen and oxygen atoms in total. The average Bonchev–Trinajstić information content (AvgIpc) is 4.08. The molecule has 4 aromatic heterocycles. The van der Waals surface area contributed by atoms with Crippen molar-refractivity contribution in [2.75, 3.05) is 23.7 Å². The predicted molar refractivity (Wildman–Crippen MR) is 252 cm³/mol. The molecule has 8 rings (SSSR count). The molecule has 18 heteroatoms. The molecule has 0 spiro atoms. The third-order valence-electron chi connectivity index (χ3n) is 11.0. The Labute approximate surface area is 378 Å². The summed E-state index contributed by atoms with van der Waals surface area (Å²) >= 11 is 0. The van der Waals surface area contributed by atoms with Crippen molar-refractivity contribution in [1.82, 2.24) is 49.3 Å². The summed E-state index contributed by atoms with van der Waals surface area (Å²) in [5.41, 5.74) is 11.2. The first-order valence-electron chi connectivity index (χ1n) is 21.6. The first kappa shape index (κ1) is 44.2. The highest BCUT2D eigenvalue weighted by Crippen LogP contribution is 2.25. The summed E-state index contributed by atoms with van der Waals surface area (Å²) in [6.07, 6.45) is 4.29. The van der Waals surface area contributed by atoms with E-state index in [9.17, 15) is 24.0 Å². The molecule has 6 N–H and O–H groups in total. The molecule has 0 aliphatic rings. The molecule has 4 aromatic carbocycles. The van der Waals surface area contributed by atoms with Crippen molar-refractivity contribution in [1.29, 1.82) is 0 Å². The Morgan fingerprint density at radius 2 is 1.05 bits per heavy atom. The maximum absolute atomic E-state index is 13.7. The number of rotatable bonds is 17. The summed E-state index contributed by atoms with van der Waals surface area (Å²) in [5, 5.41) is 22.6. The number of aromatic nitrogens is 8. The van der Waals surface area contributed by atoms with Crippen LogP contribution in [0.2, 0.25) is 0 Å². The quantitative estimate of drug-likeness (QED) is 0.0533. The summed E-state index contributed by atoms with van der Waals surface area (Å²) in [7, 11) is 0. The van der Waals surface area contributed by atoms with E-state index in [-0.39, 0.29) is 42.4 Å². The van der Waals surface area contributed by atoms with Crippen LogP contribution in [0.25, 0.3) is 32.8 Å². The number of aryl methyl sites for hydroxylation is 4. The van der Waals surface area contributed by atoms with E-state index in [4.69, 9.17) is 10.7 Å². The smallest absolute Gasteiger partial charge is 0.276 e. The van der Waals surface area contributed by atoms with Crippen LogP contribution in [0.3, 0.4) is 0 Å². The number of carbonyl (C=O) groups is 5. The molecule has 4 heterocycles. The second-order valence-electron chi connectivity index (χ2n) is 15.6. The number of nitrogens with one attached hydrogen (secondary N) is 4. The molecule has 8 aromatic rings. The van der Waals surface area contributed by atoms with E-state index >= 15 is 0 Å². The molecule has 0 bridgehead atoms. The Balaban J connectivity index is 0.996. The molecule has 66 heavy (non-hydrogen) atoms. The number of nitrogens with zero attached hydrogens (tertiary/aromatic N) is 8. The second kappa shape index (κ2) is 19.1. The van der Waals surface area contributed by atoms with Crippen molar-refractivity contribution in [2.45, 2.75) is 60.3 Å². The van der Waals surface area contributed by atoms with Gasteiger partial charge in [-0.1, -0.05) is 42.5 Å². The number of imidazole rings is 2. The highest BCUT2D eigenvalue weighted by molar-refractivity contribution is 6.05. The predicted octanol–water partition coefficient (Wildman–Crippen LogP) is 6.00. The number of nitrogens with two attached hydrogens (primary N) is 1. The van der Waals surface area contributed by atoms with Gasteiger partial charge in [-0.15, -0.1) is 0 Å². The van der Waals surface area contributed by atoms with Crippen molar-refractivity contribution in [3.05, 3.63) is 143 Å². The molecule has 0 aliphatic carbocycles. The van der Waals surface area contributed by atoms with Gasteiger partial charge in [-0.3, -0.25) is 44.0 Å². The molecule has 0 unspecified atom stereocenters. The lowest BCUT2D eigenvalue weighted by molar-refractivity contribution is 0.0946. The van der Waals surface area contributed by atoms with E-state index in [0.717, 1.165) is 10.8 Å². The number of fused-ring (bicyclic) bond motifs is 3. The first-order chi connectivity index (χ1) is 31.9. The van der Waals surface area contributed by atoms with E-state index in [1.807, 2.05) is 80.8 Å². The standard InChI is InChI=1S/C48H49N13O5/c1-5-60-40(24-29(3)56-60)45(65)54-47-52-36-27-33(42(49)62)16-18-38(36)58(47)22-9-10-23-59-39-19-17-35(28-37(39)53-48(59)55-46(66)41-25-30(4)57-61(41)6-2)44(64)51-21-11-20-50-43(63)34-15-14-31-12-7-8-13-32(31)26-34/h7-10,12-19,24-28H,5-6,11,20-23H2,1-4H3,(H2,49,62)(H,50,63)(H,51,64)(H,52,54,65)(H,53,55,66)/b10-9+. The van der Waals surface area contributed by atoms with Crippen LogP contribution in [0, 0.1) is 13.8 Å². The summed E-state index contributed by atoms with van der Waals surface area (Å²) in [4.78, 5) is 74.8. The summed E-state index contributed by atoms with van der Waals surface area (Å²) in [5.74, 6) is -1.39. The zero-order valence-corrected chi connectivity index (χ0v) is 37.0.